The summed E-state index contributed by atoms with van der Waals surface area (Å²) in [6.45, 7) is 6.04. The lowest BCUT2D eigenvalue weighted by atomic mass is 10.1. The number of hydrogen-bond donors (Lipinski definition) is 1. The zero-order valence-electron chi connectivity index (χ0n) is 12.7. The van der Waals surface area contributed by atoms with Gasteiger partial charge < -0.3 is 9.84 Å². The Bertz CT molecular complexity index is 607. The molecule has 0 aliphatic carbocycles. The van der Waals surface area contributed by atoms with Gasteiger partial charge in [-0.2, -0.15) is 4.98 Å². The van der Waals surface area contributed by atoms with E-state index < -0.39 is 0 Å². The van der Waals surface area contributed by atoms with E-state index in [4.69, 9.17) is 4.52 Å². The molecular formula is C16H21N3O2. The van der Waals surface area contributed by atoms with Crippen LogP contribution in [0.25, 0.3) is 11.4 Å². The minimum Gasteiger partial charge on any atom is -0.354 e. The summed E-state index contributed by atoms with van der Waals surface area (Å²) in [6.07, 6.45) is 1.74. The first-order valence-corrected chi connectivity index (χ1v) is 7.27. The molecule has 0 aliphatic heterocycles. The molecule has 0 radical (unpaired) electrons. The van der Waals surface area contributed by atoms with Gasteiger partial charge in [0, 0.05) is 24.4 Å². The lowest BCUT2D eigenvalue weighted by Gasteiger charge is -2.10. The molecule has 0 unspecified atom stereocenters. The summed E-state index contributed by atoms with van der Waals surface area (Å²) in [5.41, 5.74) is 2.07. The van der Waals surface area contributed by atoms with E-state index in [9.17, 15) is 4.79 Å². The van der Waals surface area contributed by atoms with Crippen molar-refractivity contribution >= 4 is 5.91 Å². The lowest BCUT2D eigenvalue weighted by Crippen LogP contribution is -2.32. The number of aryl methyl sites for hydroxylation is 2. The number of amides is 1. The third-order valence-electron chi connectivity index (χ3n) is 3.33. The topological polar surface area (TPSA) is 68.0 Å². The minimum atomic E-state index is 0.0136. The minimum absolute atomic E-state index is 0.0136. The molecule has 21 heavy (non-hydrogen) atoms. The zero-order valence-corrected chi connectivity index (χ0v) is 12.7. The number of rotatable bonds is 6. The summed E-state index contributed by atoms with van der Waals surface area (Å²) in [5.74, 6) is 1.07. The highest BCUT2D eigenvalue weighted by atomic mass is 16.5. The quantitative estimate of drug-likeness (QED) is 0.887. The van der Waals surface area contributed by atoms with Crippen molar-refractivity contribution in [3.05, 3.63) is 35.7 Å². The zero-order chi connectivity index (χ0) is 15.2. The Morgan fingerprint density at radius 1 is 1.43 bits per heavy atom. The molecule has 0 bridgehead atoms. The van der Waals surface area contributed by atoms with Gasteiger partial charge in [0.25, 0.3) is 0 Å². The smallest absolute Gasteiger partial charge is 0.227 e. The molecule has 1 atom stereocenters. The van der Waals surface area contributed by atoms with Gasteiger partial charge in [-0.05, 0) is 26.3 Å². The average Bonchev–Trinajstić information content (AvgIpc) is 2.94. The molecule has 0 saturated heterocycles. The molecule has 112 valence electrons. The van der Waals surface area contributed by atoms with Gasteiger partial charge >= 0.3 is 0 Å². The normalized spacial score (nSPS) is 12.1. The number of aromatic nitrogens is 2. The monoisotopic (exact) mass is 287 g/mol. The van der Waals surface area contributed by atoms with Gasteiger partial charge in [0.15, 0.2) is 0 Å². The maximum atomic E-state index is 11.7. The Labute approximate surface area is 124 Å². The Morgan fingerprint density at radius 3 is 2.95 bits per heavy atom. The summed E-state index contributed by atoms with van der Waals surface area (Å²) in [6, 6.07) is 8.12. The van der Waals surface area contributed by atoms with Crippen molar-refractivity contribution in [1.82, 2.24) is 15.5 Å². The molecule has 1 aromatic heterocycles. The number of nitrogens with one attached hydrogen (secondary N) is 1. The number of nitrogens with zero attached hydrogens (tertiary/aromatic N) is 2. The second kappa shape index (κ2) is 7.02. The molecule has 5 heteroatoms. The predicted octanol–water partition coefficient (Wildman–Crippen LogP) is 2.89. The second-order valence-electron chi connectivity index (χ2n) is 5.26. The predicted molar refractivity (Wildman–Crippen MR) is 80.7 cm³/mol. The van der Waals surface area contributed by atoms with Crippen LogP contribution < -0.4 is 5.32 Å². The second-order valence-corrected chi connectivity index (χ2v) is 5.26. The van der Waals surface area contributed by atoms with E-state index in [2.05, 4.69) is 15.5 Å². The average molecular weight is 287 g/mol. The highest BCUT2D eigenvalue weighted by molar-refractivity contribution is 5.76. The van der Waals surface area contributed by atoms with Crippen LogP contribution in [0.5, 0.6) is 0 Å². The fraction of sp³-hybridized carbons (Fsp3) is 0.438. The standard InChI is InChI=1S/C16H21N3O2/c1-4-12(3)17-14(20)8-9-15-18-16(19-21-15)13-7-5-6-11(2)10-13/h5-7,10,12H,4,8-9H2,1-3H3,(H,17,20)/t12-/m0/s1. The molecule has 5 nitrogen and oxygen atoms in total. The molecule has 1 aromatic carbocycles. The van der Waals surface area contributed by atoms with Gasteiger partial charge in [-0.1, -0.05) is 35.8 Å². The molecule has 1 heterocycles. The molecule has 0 spiro atoms. The van der Waals surface area contributed by atoms with Crippen molar-refractivity contribution in [2.24, 2.45) is 0 Å². The van der Waals surface area contributed by atoms with Crippen LogP contribution in [0.15, 0.2) is 28.8 Å². The lowest BCUT2D eigenvalue weighted by molar-refractivity contribution is -0.121. The summed E-state index contributed by atoms with van der Waals surface area (Å²) in [4.78, 5) is 16.0. The van der Waals surface area contributed by atoms with Crippen LogP contribution in [0.3, 0.4) is 0 Å². The van der Waals surface area contributed by atoms with Crippen LogP contribution in [-0.2, 0) is 11.2 Å². The number of carbonyl (C=O) groups is 1. The van der Waals surface area contributed by atoms with Crippen molar-refractivity contribution in [1.29, 1.82) is 0 Å². The fourth-order valence-corrected chi connectivity index (χ4v) is 1.93. The van der Waals surface area contributed by atoms with Crippen LogP contribution in [-0.4, -0.2) is 22.1 Å². The number of hydrogen-bond acceptors (Lipinski definition) is 4. The molecule has 1 N–H and O–H groups in total. The first kappa shape index (κ1) is 15.2. The summed E-state index contributed by atoms with van der Waals surface area (Å²) < 4.78 is 5.20. The Kier molecular flexibility index (Phi) is 5.09. The third-order valence-corrected chi connectivity index (χ3v) is 3.33. The van der Waals surface area contributed by atoms with Crippen LogP contribution in [0.2, 0.25) is 0 Å². The van der Waals surface area contributed by atoms with E-state index in [-0.39, 0.29) is 11.9 Å². The molecule has 1 amide bonds. The largest absolute Gasteiger partial charge is 0.354 e. The maximum Gasteiger partial charge on any atom is 0.227 e. The fourth-order valence-electron chi connectivity index (χ4n) is 1.93. The summed E-state index contributed by atoms with van der Waals surface area (Å²) >= 11 is 0. The highest BCUT2D eigenvalue weighted by Gasteiger charge is 2.11. The number of carbonyl (C=O) groups excluding carboxylic acids is 1. The Balaban J connectivity index is 1.93. The van der Waals surface area contributed by atoms with E-state index in [0.29, 0.717) is 24.6 Å². The van der Waals surface area contributed by atoms with Crippen molar-refractivity contribution in [3.63, 3.8) is 0 Å². The maximum absolute atomic E-state index is 11.7. The van der Waals surface area contributed by atoms with Gasteiger partial charge in [0.1, 0.15) is 0 Å². The van der Waals surface area contributed by atoms with Crippen molar-refractivity contribution < 1.29 is 9.32 Å². The van der Waals surface area contributed by atoms with Crippen LogP contribution in [0, 0.1) is 6.92 Å². The molecule has 0 aliphatic rings. The van der Waals surface area contributed by atoms with Crippen LogP contribution in [0.4, 0.5) is 0 Å². The van der Waals surface area contributed by atoms with Crippen molar-refractivity contribution in [2.75, 3.05) is 0 Å². The van der Waals surface area contributed by atoms with Crippen LogP contribution in [0.1, 0.15) is 38.1 Å². The van der Waals surface area contributed by atoms with E-state index in [1.165, 1.54) is 0 Å². The van der Waals surface area contributed by atoms with Crippen LogP contribution >= 0.6 is 0 Å². The van der Waals surface area contributed by atoms with E-state index in [1.807, 2.05) is 45.0 Å². The summed E-state index contributed by atoms with van der Waals surface area (Å²) in [5, 5.41) is 6.88. The Hall–Kier alpha value is -2.17. The van der Waals surface area contributed by atoms with E-state index >= 15 is 0 Å². The van der Waals surface area contributed by atoms with Gasteiger partial charge in [0.2, 0.25) is 17.6 Å². The third kappa shape index (κ3) is 4.41. The Morgan fingerprint density at radius 2 is 2.24 bits per heavy atom. The molecule has 0 fully saturated rings. The highest BCUT2D eigenvalue weighted by Crippen LogP contribution is 2.17. The molecular weight excluding hydrogens is 266 g/mol. The molecule has 2 aromatic rings. The molecule has 0 saturated carbocycles. The van der Waals surface area contributed by atoms with Gasteiger partial charge in [0.05, 0.1) is 0 Å². The SMILES string of the molecule is CC[C@H](C)NC(=O)CCc1nc(-c2cccc(C)c2)no1. The van der Waals surface area contributed by atoms with Gasteiger partial charge in [-0.15, -0.1) is 0 Å². The van der Waals surface area contributed by atoms with E-state index in [0.717, 1.165) is 17.5 Å². The van der Waals surface area contributed by atoms with Gasteiger partial charge in [-0.25, -0.2) is 0 Å². The van der Waals surface area contributed by atoms with Crippen molar-refractivity contribution in [3.8, 4) is 11.4 Å². The van der Waals surface area contributed by atoms with E-state index in [1.54, 1.807) is 0 Å². The number of benzene rings is 1. The molecule has 2 rings (SSSR count). The van der Waals surface area contributed by atoms with Gasteiger partial charge in [-0.3, -0.25) is 4.79 Å². The first-order valence-electron chi connectivity index (χ1n) is 7.27. The first-order chi connectivity index (χ1) is 10.1. The van der Waals surface area contributed by atoms with Crippen molar-refractivity contribution in [2.45, 2.75) is 46.1 Å². The summed E-state index contributed by atoms with van der Waals surface area (Å²) in [7, 11) is 0.